The summed E-state index contributed by atoms with van der Waals surface area (Å²) in [6, 6.07) is 11.1. The zero-order chi connectivity index (χ0) is 19.1. The van der Waals surface area contributed by atoms with Crippen molar-refractivity contribution < 1.29 is 18.7 Å². The van der Waals surface area contributed by atoms with Crippen molar-refractivity contribution in [1.29, 1.82) is 0 Å². The Balaban J connectivity index is 1.58. The first-order chi connectivity index (χ1) is 13.2. The summed E-state index contributed by atoms with van der Waals surface area (Å²) in [5.74, 6) is 1.21. The van der Waals surface area contributed by atoms with E-state index >= 15 is 0 Å². The molecule has 1 aromatic carbocycles. The normalized spacial score (nSPS) is 16.7. The molecule has 7 heteroatoms. The zero-order valence-corrected chi connectivity index (χ0v) is 16.2. The van der Waals surface area contributed by atoms with Gasteiger partial charge in [-0.25, -0.2) is 0 Å². The molecule has 2 amide bonds. The van der Waals surface area contributed by atoms with Crippen molar-refractivity contribution in [2.24, 2.45) is 0 Å². The molecule has 27 heavy (non-hydrogen) atoms. The van der Waals surface area contributed by atoms with Gasteiger partial charge in [-0.1, -0.05) is 12.1 Å². The first-order valence-electron chi connectivity index (χ1n) is 9.08. The number of carbonyl (C=O) groups excluding carboxylic acids is 2. The molecular weight excluding hydrogens is 364 g/mol. The fourth-order valence-corrected chi connectivity index (χ4v) is 4.08. The summed E-state index contributed by atoms with van der Waals surface area (Å²) < 4.78 is 10.6. The predicted octanol–water partition coefficient (Wildman–Crippen LogP) is 3.21. The Morgan fingerprint density at radius 3 is 2.85 bits per heavy atom. The summed E-state index contributed by atoms with van der Waals surface area (Å²) in [7, 11) is 0. The molecule has 0 saturated carbocycles. The van der Waals surface area contributed by atoms with E-state index in [4.69, 9.17) is 9.15 Å². The first-order valence-corrected chi connectivity index (χ1v) is 10.1. The Kier molecular flexibility index (Phi) is 6.95. The standard InChI is InChI=1S/C20H24N2O4S/c1-2-25-11-4-10-21-19(24)15-6-8-16(9-7-15)20-22(18(23)14-27-20)13-17-5-3-12-26-17/h3,5-9,12,20H,2,4,10-11,13-14H2,1H3,(H,21,24)/t20-/m1/s1. The number of furan rings is 1. The van der Waals surface area contributed by atoms with E-state index in [1.54, 1.807) is 18.0 Å². The highest BCUT2D eigenvalue weighted by Crippen LogP contribution is 2.39. The van der Waals surface area contributed by atoms with Gasteiger partial charge < -0.3 is 19.4 Å². The lowest BCUT2D eigenvalue weighted by molar-refractivity contribution is -0.128. The SMILES string of the molecule is CCOCCCNC(=O)c1ccc([C@H]2SCC(=O)N2Cc2ccco2)cc1. The molecule has 1 aliphatic heterocycles. The monoisotopic (exact) mass is 388 g/mol. The van der Waals surface area contributed by atoms with Crippen LogP contribution in [0.5, 0.6) is 0 Å². The highest BCUT2D eigenvalue weighted by atomic mass is 32.2. The summed E-state index contributed by atoms with van der Waals surface area (Å²) >= 11 is 1.59. The number of nitrogens with zero attached hydrogens (tertiary/aromatic N) is 1. The topological polar surface area (TPSA) is 71.8 Å². The van der Waals surface area contributed by atoms with E-state index in [1.165, 1.54) is 0 Å². The Hall–Kier alpha value is -2.25. The average Bonchev–Trinajstić information content (AvgIpc) is 3.32. The van der Waals surface area contributed by atoms with Gasteiger partial charge in [0, 0.05) is 25.3 Å². The van der Waals surface area contributed by atoms with Crippen LogP contribution < -0.4 is 5.32 Å². The quantitative estimate of drug-likeness (QED) is 0.668. The van der Waals surface area contributed by atoms with Gasteiger partial charge in [0.05, 0.1) is 18.6 Å². The van der Waals surface area contributed by atoms with E-state index in [0.717, 1.165) is 17.7 Å². The van der Waals surface area contributed by atoms with Crippen LogP contribution in [0.3, 0.4) is 0 Å². The van der Waals surface area contributed by atoms with Crippen LogP contribution in [0.4, 0.5) is 0 Å². The van der Waals surface area contributed by atoms with Gasteiger partial charge in [0.1, 0.15) is 11.1 Å². The summed E-state index contributed by atoms with van der Waals surface area (Å²) in [4.78, 5) is 26.3. The molecule has 1 aromatic heterocycles. The lowest BCUT2D eigenvalue weighted by Crippen LogP contribution is -2.27. The molecular formula is C20H24N2O4S. The maximum absolute atomic E-state index is 12.2. The van der Waals surface area contributed by atoms with Crippen molar-refractivity contribution in [3.05, 3.63) is 59.5 Å². The van der Waals surface area contributed by atoms with Crippen LogP contribution >= 0.6 is 11.8 Å². The number of thioether (sulfide) groups is 1. The van der Waals surface area contributed by atoms with E-state index in [1.807, 2.05) is 48.2 Å². The third-order valence-corrected chi connectivity index (χ3v) is 5.54. The average molecular weight is 388 g/mol. The van der Waals surface area contributed by atoms with Gasteiger partial charge in [-0.3, -0.25) is 9.59 Å². The minimum Gasteiger partial charge on any atom is -0.467 e. The Bertz CT molecular complexity index is 746. The molecule has 0 aliphatic carbocycles. The summed E-state index contributed by atoms with van der Waals surface area (Å²) in [6.07, 6.45) is 2.40. The minimum absolute atomic E-state index is 0.0640. The third-order valence-electron chi connectivity index (χ3n) is 4.29. The fraction of sp³-hybridized carbons (Fsp3) is 0.400. The molecule has 1 N–H and O–H groups in total. The number of amides is 2. The van der Waals surface area contributed by atoms with Crippen molar-refractivity contribution in [2.75, 3.05) is 25.5 Å². The van der Waals surface area contributed by atoms with Gasteiger partial charge in [-0.15, -0.1) is 11.8 Å². The lowest BCUT2D eigenvalue weighted by atomic mass is 10.1. The van der Waals surface area contributed by atoms with Crippen molar-refractivity contribution in [3.63, 3.8) is 0 Å². The van der Waals surface area contributed by atoms with Crippen LogP contribution in [0.25, 0.3) is 0 Å². The number of carbonyl (C=O) groups is 2. The second-order valence-electron chi connectivity index (χ2n) is 6.19. The van der Waals surface area contributed by atoms with Gasteiger partial charge in [-0.2, -0.15) is 0 Å². The largest absolute Gasteiger partial charge is 0.467 e. The molecule has 6 nitrogen and oxygen atoms in total. The highest BCUT2D eigenvalue weighted by molar-refractivity contribution is 8.00. The number of benzene rings is 1. The molecule has 0 bridgehead atoms. The van der Waals surface area contributed by atoms with Crippen LogP contribution in [-0.4, -0.2) is 42.2 Å². The molecule has 0 unspecified atom stereocenters. The van der Waals surface area contributed by atoms with Crippen molar-refractivity contribution in [3.8, 4) is 0 Å². The number of hydrogen-bond acceptors (Lipinski definition) is 5. The first kappa shape index (κ1) is 19.5. The Morgan fingerprint density at radius 1 is 1.33 bits per heavy atom. The van der Waals surface area contributed by atoms with Gasteiger partial charge >= 0.3 is 0 Å². The van der Waals surface area contributed by atoms with Crippen LogP contribution in [0, 0.1) is 0 Å². The fourth-order valence-electron chi connectivity index (χ4n) is 2.89. The van der Waals surface area contributed by atoms with Crippen molar-refractivity contribution in [2.45, 2.75) is 25.3 Å². The lowest BCUT2D eigenvalue weighted by Gasteiger charge is -2.23. The van der Waals surface area contributed by atoms with Gasteiger partial charge in [-0.05, 0) is 43.2 Å². The second-order valence-corrected chi connectivity index (χ2v) is 7.26. The molecule has 2 heterocycles. The van der Waals surface area contributed by atoms with Gasteiger partial charge in [0.2, 0.25) is 5.91 Å². The van der Waals surface area contributed by atoms with E-state index < -0.39 is 0 Å². The van der Waals surface area contributed by atoms with Crippen LogP contribution in [0.2, 0.25) is 0 Å². The van der Waals surface area contributed by atoms with Crippen LogP contribution in [-0.2, 0) is 16.1 Å². The molecule has 1 atom stereocenters. The molecule has 3 rings (SSSR count). The number of rotatable bonds is 9. The molecule has 1 aliphatic rings. The molecule has 1 fully saturated rings. The number of ether oxygens (including phenoxy) is 1. The van der Waals surface area contributed by atoms with E-state index in [9.17, 15) is 9.59 Å². The van der Waals surface area contributed by atoms with Gasteiger partial charge in [0.25, 0.3) is 5.91 Å². The molecule has 1 saturated heterocycles. The Labute approximate surface area is 163 Å². The summed E-state index contributed by atoms with van der Waals surface area (Å²) in [5.41, 5.74) is 1.62. The van der Waals surface area contributed by atoms with Crippen molar-refractivity contribution >= 4 is 23.6 Å². The summed E-state index contributed by atoms with van der Waals surface area (Å²) in [6.45, 7) is 4.32. The zero-order valence-electron chi connectivity index (χ0n) is 15.3. The predicted molar refractivity (Wildman–Crippen MR) is 104 cm³/mol. The Morgan fingerprint density at radius 2 is 2.15 bits per heavy atom. The number of nitrogens with one attached hydrogen (secondary N) is 1. The van der Waals surface area contributed by atoms with Crippen LogP contribution in [0.15, 0.2) is 47.1 Å². The summed E-state index contributed by atoms with van der Waals surface area (Å²) in [5, 5.41) is 2.83. The van der Waals surface area contributed by atoms with E-state index in [0.29, 0.717) is 37.6 Å². The third kappa shape index (κ3) is 5.14. The minimum atomic E-state index is -0.0966. The molecule has 0 radical (unpaired) electrons. The highest BCUT2D eigenvalue weighted by Gasteiger charge is 2.33. The molecule has 144 valence electrons. The maximum Gasteiger partial charge on any atom is 0.251 e. The van der Waals surface area contributed by atoms with E-state index in [-0.39, 0.29) is 17.2 Å². The molecule has 2 aromatic rings. The number of hydrogen-bond donors (Lipinski definition) is 1. The van der Waals surface area contributed by atoms with Crippen LogP contribution in [0.1, 0.15) is 40.4 Å². The maximum atomic E-state index is 12.2. The van der Waals surface area contributed by atoms with Gasteiger partial charge in [0.15, 0.2) is 0 Å². The second kappa shape index (κ2) is 9.62. The molecule has 0 spiro atoms. The van der Waals surface area contributed by atoms with E-state index in [2.05, 4.69) is 5.32 Å². The smallest absolute Gasteiger partial charge is 0.251 e. The van der Waals surface area contributed by atoms with Crippen molar-refractivity contribution in [1.82, 2.24) is 10.2 Å².